The Bertz CT molecular complexity index is 1230. The van der Waals surface area contributed by atoms with Gasteiger partial charge in [0.2, 0.25) is 0 Å². The SMILES string of the molecule is C=CCC1CCC(c2ccc(-c3ccccc3)c(F)c2F)CC1.C=CCc1c(N)cc(C(=O)O)cc1N. The van der Waals surface area contributed by atoms with Crippen LogP contribution in [0.25, 0.3) is 11.1 Å². The normalized spacial score (nSPS) is 16.8. The van der Waals surface area contributed by atoms with Crippen molar-refractivity contribution in [2.45, 2.75) is 44.4 Å². The van der Waals surface area contributed by atoms with Crippen molar-refractivity contribution in [2.75, 3.05) is 11.5 Å². The van der Waals surface area contributed by atoms with Crippen molar-refractivity contribution in [1.29, 1.82) is 0 Å². The summed E-state index contributed by atoms with van der Waals surface area (Å²) in [4.78, 5) is 10.6. The largest absolute Gasteiger partial charge is 0.478 e. The minimum absolute atomic E-state index is 0.104. The molecule has 0 heterocycles. The molecule has 0 aromatic heterocycles. The molecule has 0 aliphatic heterocycles. The summed E-state index contributed by atoms with van der Waals surface area (Å²) in [5.41, 5.74) is 14.5. The van der Waals surface area contributed by atoms with E-state index >= 15 is 0 Å². The van der Waals surface area contributed by atoms with Gasteiger partial charge in [-0.05, 0) is 73.6 Å². The Labute approximate surface area is 217 Å². The van der Waals surface area contributed by atoms with E-state index in [2.05, 4.69) is 13.2 Å². The van der Waals surface area contributed by atoms with E-state index in [0.717, 1.165) is 37.7 Å². The lowest BCUT2D eigenvalue weighted by molar-refractivity contribution is 0.0697. The monoisotopic (exact) mass is 504 g/mol. The molecule has 1 aliphatic rings. The zero-order chi connectivity index (χ0) is 26.9. The summed E-state index contributed by atoms with van der Waals surface area (Å²) in [7, 11) is 0. The number of nitrogens with two attached hydrogens (primary N) is 2. The number of nitrogen functional groups attached to an aromatic ring is 2. The van der Waals surface area contributed by atoms with Gasteiger partial charge in [-0.25, -0.2) is 13.6 Å². The van der Waals surface area contributed by atoms with E-state index in [9.17, 15) is 13.6 Å². The summed E-state index contributed by atoms with van der Waals surface area (Å²) in [6.45, 7) is 7.35. The predicted octanol–water partition coefficient (Wildman–Crippen LogP) is 7.76. The average Bonchev–Trinajstić information content (AvgIpc) is 2.89. The van der Waals surface area contributed by atoms with Crippen LogP contribution < -0.4 is 11.5 Å². The molecule has 0 radical (unpaired) electrons. The van der Waals surface area contributed by atoms with Crippen LogP contribution in [0.1, 0.15) is 59.5 Å². The average molecular weight is 505 g/mol. The van der Waals surface area contributed by atoms with E-state index in [1.54, 1.807) is 30.3 Å². The Morgan fingerprint density at radius 1 is 0.919 bits per heavy atom. The van der Waals surface area contributed by atoms with Crippen molar-refractivity contribution in [2.24, 2.45) is 5.92 Å². The highest BCUT2D eigenvalue weighted by Crippen LogP contribution is 2.39. The molecular formula is C31H34F2N2O2. The maximum Gasteiger partial charge on any atom is 0.335 e. The topological polar surface area (TPSA) is 89.3 Å². The number of aromatic carboxylic acids is 1. The van der Waals surface area contributed by atoms with Gasteiger partial charge < -0.3 is 16.6 Å². The van der Waals surface area contributed by atoms with Gasteiger partial charge in [-0.2, -0.15) is 0 Å². The Morgan fingerprint density at radius 2 is 1.54 bits per heavy atom. The van der Waals surface area contributed by atoms with Gasteiger partial charge >= 0.3 is 5.97 Å². The van der Waals surface area contributed by atoms with Crippen LogP contribution in [0, 0.1) is 17.6 Å². The van der Waals surface area contributed by atoms with E-state index in [0.29, 0.717) is 40.4 Å². The third-order valence-corrected chi connectivity index (χ3v) is 6.90. The first kappa shape index (κ1) is 27.7. The summed E-state index contributed by atoms with van der Waals surface area (Å²) in [5.74, 6) is -1.63. The van der Waals surface area contributed by atoms with Gasteiger partial charge in [0.25, 0.3) is 0 Å². The highest BCUT2D eigenvalue weighted by molar-refractivity contribution is 5.91. The fourth-order valence-corrected chi connectivity index (χ4v) is 4.89. The van der Waals surface area contributed by atoms with Crippen LogP contribution in [0.15, 0.2) is 79.9 Å². The number of anilines is 2. The number of carboxylic acid groups (broad SMARTS) is 1. The quantitative estimate of drug-likeness (QED) is 0.227. The van der Waals surface area contributed by atoms with E-state index in [1.165, 1.54) is 12.1 Å². The Kier molecular flexibility index (Phi) is 9.61. The Hall–Kier alpha value is -3.93. The lowest BCUT2D eigenvalue weighted by Crippen LogP contribution is -2.14. The first-order chi connectivity index (χ1) is 17.8. The molecule has 3 aromatic carbocycles. The van der Waals surface area contributed by atoms with Crippen molar-refractivity contribution in [3.63, 3.8) is 0 Å². The van der Waals surface area contributed by atoms with Crippen LogP contribution in [0.5, 0.6) is 0 Å². The van der Waals surface area contributed by atoms with Gasteiger partial charge in [0, 0.05) is 22.5 Å². The second-order valence-electron chi connectivity index (χ2n) is 9.37. The lowest BCUT2D eigenvalue weighted by atomic mass is 9.77. The van der Waals surface area contributed by atoms with Crippen LogP contribution in [-0.2, 0) is 6.42 Å². The van der Waals surface area contributed by atoms with Crippen molar-refractivity contribution >= 4 is 17.3 Å². The molecular weight excluding hydrogens is 470 g/mol. The first-order valence-corrected chi connectivity index (χ1v) is 12.4. The zero-order valence-corrected chi connectivity index (χ0v) is 20.9. The summed E-state index contributed by atoms with van der Waals surface area (Å²) >= 11 is 0. The van der Waals surface area contributed by atoms with Crippen molar-refractivity contribution in [3.05, 3.63) is 108 Å². The smallest absolute Gasteiger partial charge is 0.335 e. The fourth-order valence-electron chi connectivity index (χ4n) is 4.89. The van der Waals surface area contributed by atoms with Gasteiger partial charge in [0.1, 0.15) is 0 Å². The number of carboxylic acids is 1. The number of hydrogen-bond donors (Lipinski definition) is 3. The van der Waals surface area contributed by atoms with Gasteiger partial charge in [-0.15, -0.1) is 13.2 Å². The predicted molar refractivity (Wildman–Crippen MR) is 147 cm³/mol. The van der Waals surface area contributed by atoms with Gasteiger partial charge in [0.15, 0.2) is 11.6 Å². The number of hydrogen-bond acceptors (Lipinski definition) is 3. The molecule has 0 amide bonds. The molecule has 37 heavy (non-hydrogen) atoms. The third kappa shape index (κ3) is 6.85. The minimum Gasteiger partial charge on any atom is -0.478 e. The highest BCUT2D eigenvalue weighted by Gasteiger charge is 2.26. The summed E-state index contributed by atoms with van der Waals surface area (Å²) in [5, 5.41) is 8.72. The zero-order valence-electron chi connectivity index (χ0n) is 20.9. The summed E-state index contributed by atoms with van der Waals surface area (Å²) < 4.78 is 29.1. The van der Waals surface area contributed by atoms with E-state index < -0.39 is 17.6 Å². The maximum atomic E-state index is 14.6. The second kappa shape index (κ2) is 12.9. The van der Waals surface area contributed by atoms with E-state index in [-0.39, 0.29) is 11.5 Å². The molecule has 5 N–H and O–H groups in total. The molecule has 3 aromatic rings. The Morgan fingerprint density at radius 3 is 2.08 bits per heavy atom. The molecule has 4 rings (SSSR count). The van der Waals surface area contributed by atoms with E-state index in [4.69, 9.17) is 16.6 Å². The number of rotatable bonds is 7. The van der Waals surface area contributed by atoms with Crippen molar-refractivity contribution < 1.29 is 18.7 Å². The van der Waals surface area contributed by atoms with Crippen LogP contribution >= 0.6 is 0 Å². The van der Waals surface area contributed by atoms with Crippen LogP contribution in [0.3, 0.4) is 0 Å². The van der Waals surface area contributed by atoms with Crippen LogP contribution in [-0.4, -0.2) is 11.1 Å². The number of allylic oxidation sites excluding steroid dienone is 2. The molecule has 0 bridgehead atoms. The van der Waals surface area contributed by atoms with Crippen molar-refractivity contribution in [1.82, 2.24) is 0 Å². The standard InChI is InChI=1S/C21H22F2.C10H12N2O2/c1-2-6-15-9-11-17(12-10-15)19-14-13-18(20(22)21(19)23)16-7-4-3-5-8-16;1-2-3-7-8(11)4-6(10(13)14)5-9(7)12/h2-5,7-8,13-15,17H,1,6,9-12H2;2,4-5H,1,3,11-12H2,(H,13,14). The highest BCUT2D eigenvalue weighted by atomic mass is 19.2. The van der Waals surface area contributed by atoms with Crippen LogP contribution in [0.2, 0.25) is 0 Å². The Balaban J connectivity index is 0.000000233. The van der Waals surface area contributed by atoms with Crippen LogP contribution in [0.4, 0.5) is 20.2 Å². The molecule has 0 unspecified atom stereocenters. The first-order valence-electron chi connectivity index (χ1n) is 12.4. The maximum absolute atomic E-state index is 14.6. The molecule has 6 heteroatoms. The van der Waals surface area contributed by atoms with Gasteiger partial charge in [-0.3, -0.25) is 0 Å². The molecule has 0 saturated heterocycles. The fraction of sp³-hybridized carbons (Fsp3) is 0.258. The number of halogens is 2. The molecule has 1 fully saturated rings. The van der Waals surface area contributed by atoms with Crippen molar-refractivity contribution in [3.8, 4) is 11.1 Å². The summed E-state index contributed by atoms with van der Waals surface area (Å²) in [6, 6.07) is 15.4. The van der Waals surface area contributed by atoms with E-state index in [1.807, 2.05) is 24.3 Å². The van der Waals surface area contributed by atoms with Gasteiger partial charge in [-0.1, -0.05) is 54.6 Å². The molecule has 1 saturated carbocycles. The summed E-state index contributed by atoms with van der Waals surface area (Å²) in [6.07, 6.45) is 9.19. The minimum atomic E-state index is -1.03. The third-order valence-electron chi connectivity index (χ3n) is 6.90. The lowest BCUT2D eigenvalue weighted by Gasteiger charge is -2.28. The molecule has 0 spiro atoms. The van der Waals surface area contributed by atoms with Gasteiger partial charge in [0.05, 0.1) is 5.56 Å². The molecule has 1 aliphatic carbocycles. The molecule has 4 nitrogen and oxygen atoms in total. The number of benzene rings is 3. The molecule has 194 valence electrons. The second-order valence-corrected chi connectivity index (χ2v) is 9.37. The number of carbonyl (C=O) groups is 1. The molecule has 0 atom stereocenters.